The summed E-state index contributed by atoms with van der Waals surface area (Å²) in [6, 6.07) is 0. The molecule has 4 saturated carbocycles. The van der Waals surface area contributed by atoms with Gasteiger partial charge in [-0.1, -0.05) is 51.9 Å². The van der Waals surface area contributed by atoms with Crippen molar-refractivity contribution in [3.63, 3.8) is 0 Å². The molecule has 3 unspecified atom stereocenters. The first-order chi connectivity index (χ1) is 14.3. The third kappa shape index (κ3) is 4.74. The minimum atomic E-state index is -0.195. The van der Waals surface area contributed by atoms with Gasteiger partial charge in [0.25, 0.3) is 0 Å². The van der Waals surface area contributed by atoms with Gasteiger partial charge >= 0.3 is 0 Å². The van der Waals surface area contributed by atoms with Gasteiger partial charge in [-0.05, 0) is 61.2 Å². The van der Waals surface area contributed by atoms with Crippen molar-refractivity contribution in [1.29, 1.82) is 0 Å². The molecule has 0 aromatic carbocycles. The van der Waals surface area contributed by atoms with Crippen molar-refractivity contribution in [3.8, 4) is 0 Å². The summed E-state index contributed by atoms with van der Waals surface area (Å²) in [4.78, 5) is 21.3. The fourth-order valence-corrected chi connectivity index (χ4v) is 8.41. The van der Waals surface area contributed by atoms with Crippen LogP contribution in [0.2, 0.25) is 0 Å². The minimum absolute atomic E-state index is 0. The molecule has 0 aliphatic heterocycles. The van der Waals surface area contributed by atoms with Crippen LogP contribution in [0, 0.1) is 52.8 Å². The van der Waals surface area contributed by atoms with Gasteiger partial charge in [-0.15, -0.1) is 0 Å². The molecule has 0 aromatic heterocycles. The number of carbonyl (C=O) groups excluding carboxylic acids is 2. The first-order valence-corrected chi connectivity index (χ1v) is 12.3. The summed E-state index contributed by atoms with van der Waals surface area (Å²) < 4.78 is 4.03. The Morgan fingerprint density at radius 3 is 2.32 bits per heavy atom. The van der Waals surface area contributed by atoms with Crippen LogP contribution in [-0.2, 0) is 47.0 Å². The van der Waals surface area contributed by atoms with E-state index in [4.69, 9.17) is 4.79 Å². The van der Waals surface area contributed by atoms with Crippen LogP contribution in [0.5, 0.6) is 0 Å². The van der Waals surface area contributed by atoms with E-state index in [1.54, 1.807) is 6.92 Å². The summed E-state index contributed by atoms with van der Waals surface area (Å²) in [5.74, 6) is 3.65. The van der Waals surface area contributed by atoms with Gasteiger partial charge in [-0.3, -0.25) is 4.79 Å². The van der Waals surface area contributed by atoms with Crippen LogP contribution in [0.25, 0.3) is 0 Å². The fraction of sp³-hybridized carbons (Fsp3) is 0.885. The van der Waals surface area contributed by atoms with Crippen molar-refractivity contribution >= 4 is 12.3 Å². The van der Waals surface area contributed by atoms with Crippen molar-refractivity contribution in [3.05, 3.63) is 6.42 Å². The Morgan fingerprint density at radius 2 is 1.77 bits per heavy atom. The van der Waals surface area contributed by atoms with Crippen molar-refractivity contribution in [2.75, 3.05) is 6.61 Å². The zero-order chi connectivity index (χ0) is 22.1. The molecule has 4 aliphatic rings. The average Bonchev–Trinajstić information content (AvgIpc) is 3.07. The zero-order valence-electron chi connectivity index (χ0n) is 20.2. The van der Waals surface area contributed by atoms with Crippen LogP contribution >= 0.6 is 0 Å². The zero-order valence-corrected chi connectivity index (χ0v) is 23.1. The van der Waals surface area contributed by atoms with Gasteiger partial charge in [0.05, 0.1) is 6.10 Å². The molecule has 4 nitrogen and oxygen atoms in total. The molecule has 4 fully saturated rings. The van der Waals surface area contributed by atoms with E-state index in [-0.39, 0.29) is 44.2 Å². The summed E-state index contributed by atoms with van der Waals surface area (Å²) in [5.41, 5.74) is 0.663. The molecule has 4 aliphatic carbocycles. The van der Waals surface area contributed by atoms with Crippen molar-refractivity contribution in [2.45, 2.75) is 92.1 Å². The molecular formula is C26H42O4Y-2. The number of aliphatic hydroxyl groups is 1. The molecule has 0 amide bonds. The maximum absolute atomic E-state index is 12.2. The van der Waals surface area contributed by atoms with E-state index in [1.165, 1.54) is 32.2 Å². The van der Waals surface area contributed by atoms with Crippen molar-refractivity contribution in [2.24, 2.45) is 46.3 Å². The van der Waals surface area contributed by atoms with E-state index in [0.717, 1.165) is 31.6 Å². The SMILES string of the molecule is CCO[C-]=O.C[CH-][C@H]1CCC2C3C(CC[C@@]21C)[C@@]1(C)CCC(=O)C[C@H]1[C@H](CC)[C@H]3O.[Y]. The molecule has 31 heavy (non-hydrogen) atoms. The number of rotatable bonds is 4. The molecule has 0 heterocycles. The van der Waals surface area contributed by atoms with Crippen LogP contribution in [-0.4, -0.2) is 30.1 Å². The molecule has 0 bridgehead atoms. The van der Waals surface area contributed by atoms with Gasteiger partial charge in [-0.2, -0.15) is 12.8 Å². The summed E-state index contributed by atoms with van der Waals surface area (Å²) in [5, 5.41) is 11.5. The third-order valence-corrected chi connectivity index (χ3v) is 9.92. The normalized spacial score (nSPS) is 45.7. The Labute approximate surface area is 214 Å². The smallest absolute Gasteiger partial charge is 0.133 e. The number of hydrogen-bond acceptors (Lipinski definition) is 4. The topological polar surface area (TPSA) is 63.6 Å². The first kappa shape index (κ1) is 27.4. The Balaban J connectivity index is 0.000000514. The second kappa shape index (κ2) is 11.1. The molecule has 0 spiro atoms. The quantitative estimate of drug-likeness (QED) is 0.536. The van der Waals surface area contributed by atoms with E-state index in [1.807, 2.05) is 0 Å². The molecule has 9 atom stereocenters. The molecule has 4 rings (SSSR count). The van der Waals surface area contributed by atoms with Crippen LogP contribution in [0.15, 0.2) is 0 Å². The maximum atomic E-state index is 12.2. The molecular weight excluding hydrogens is 465 g/mol. The van der Waals surface area contributed by atoms with Crippen LogP contribution in [0.1, 0.15) is 86.0 Å². The molecule has 1 N–H and O–H groups in total. The van der Waals surface area contributed by atoms with E-state index >= 15 is 0 Å². The largest absolute Gasteiger partial charge is 0.653 e. The van der Waals surface area contributed by atoms with Crippen LogP contribution in [0.4, 0.5) is 0 Å². The fourth-order valence-electron chi connectivity index (χ4n) is 8.41. The van der Waals surface area contributed by atoms with Gasteiger partial charge in [0.15, 0.2) is 0 Å². The number of fused-ring (bicyclic) bond motifs is 5. The number of hydrogen-bond donors (Lipinski definition) is 1. The van der Waals surface area contributed by atoms with Gasteiger partial charge in [0, 0.05) is 52.2 Å². The van der Waals surface area contributed by atoms with Gasteiger partial charge in [0.1, 0.15) is 5.78 Å². The maximum Gasteiger partial charge on any atom is 0.133 e. The molecule has 175 valence electrons. The monoisotopic (exact) mass is 507 g/mol. The third-order valence-electron chi connectivity index (χ3n) is 9.92. The Hall–Kier alpha value is 0.204. The Bertz CT molecular complexity index is 625. The number of aliphatic hydroxyl groups excluding tert-OH is 1. The Kier molecular flexibility index (Phi) is 9.82. The van der Waals surface area contributed by atoms with Crippen molar-refractivity contribution < 1.29 is 52.1 Å². The summed E-state index contributed by atoms with van der Waals surface area (Å²) in [6.45, 7) is 12.9. The van der Waals surface area contributed by atoms with E-state index in [0.29, 0.717) is 47.4 Å². The second-order valence-corrected chi connectivity index (χ2v) is 10.8. The van der Waals surface area contributed by atoms with Crippen LogP contribution < -0.4 is 0 Å². The predicted octanol–water partition coefficient (Wildman–Crippen LogP) is 5.13. The van der Waals surface area contributed by atoms with Gasteiger partial charge in [0.2, 0.25) is 0 Å². The molecule has 0 saturated heterocycles. The molecule has 0 aromatic rings. The number of carbonyl (C=O) groups is 1. The number of Topliss-reactive ketones (excluding diaryl/α,β-unsaturated/α-hetero) is 1. The standard InChI is InChI=1S/C23H37O2.C3H5O2.Y/c1-5-14-7-8-17-20-18(10-12-22(14,17)3)23(4)11-9-15(24)13-19(23)16(6-2)21(20)25;1-2-5-3-4;/h5,14,16-21,25H,6-13H2,1-4H3;2H2,1H3;/q2*-1;/t14-,16-,17?,18?,19-,20?,21+,22+,23+;;/m0../s1. The van der Waals surface area contributed by atoms with E-state index in [9.17, 15) is 9.90 Å². The van der Waals surface area contributed by atoms with E-state index in [2.05, 4.69) is 38.9 Å². The van der Waals surface area contributed by atoms with Gasteiger partial charge in [-0.25, -0.2) is 0 Å². The number of ketones is 1. The predicted molar refractivity (Wildman–Crippen MR) is 118 cm³/mol. The summed E-state index contributed by atoms with van der Waals surface area (Å²) >= 11 is 0. The van der Waals surface area contributed by atoms with Crippen LogP contribution in [0.3, 0.4) is 0 Å². The molecule has 5 heteroatoms. The Morgan fingerprint density at radius 1 is 1.10 bits per heavy atom. The van der Waals surface area contributed by atoms with Crippen molar-refractivity contribution in [1.82, 2.24) is 0 Å². The van der Waals surface area contributed by atoms with Gasteiger partial charge < -0.3 is 21.1 Å². The van der Waals surface area contributed by atoms with E-state index < -0.39 is 0 Å². The summed E-state index contributed by atoms with van der Waals surface area (Å²) in [7, 11) is 0. The summed E-state index contributed by atoms with van der Waals surface area (Å²) in [6.07, 6.45) is 11.0. The first-order valence-electron chi connectivity index (χ1n) is 12.3. The average molecular weight is 508 g/mol. The minimum Gasteiger partial charge on any atom is -0.653 e. The number of ether oxygens (including phenoxy) is 1. The molecule has 1 radical (unpaired) electrons. The second-order valence-electron chi connectivity index (χ2n) is 10.8.